The van der Waals surface area contributed by atoms with Gasteiger partial charge in [-0.15, -0.1) is 0 Å². The standard InChI is InChI=1S/C15H25ClN4/c1-3-20-13(15(16)9(2)19-20)8-12(18-17)14(10-4-5-10)11-6-7-11/h10-12,14,18H,3-8,17H2,1-2H3. The summed E-state index contributed by atoms with van der Waals surface area (Å²) in [5.74, 6) is 8.35. The van der Waals surface area contributed by atoms with Crippen molar-refractivity contribution in [3.63, 3.8) is 0 Å². The molecule has 1 unspecified atom stereocenters. The van der Waals surface area contributed by atoms with Crippen LogP contribution in [-0.2, 0) is 13.0 Å². The molecule has 2 aliphatic carbocycles. The fraction of sp³-hybridized carbons (Fsp3) is 0.800. The van der Waals surface area contributed by atoms with Gasteiger partial charge in [0.2, 0.25) is 0 Å². The summed E-state index contributed by atoms with van der Waals surface area (Å²) in [6.07, 6.45) is 6.39. The van der Waals surface area contributed by atoms with E-state index < -0.39 is 0 Å². The van der Waals surface area contributed by atoms with E-state index in [2.05, 4.69) is 17.4 Å². The Balaban J connectivity index is 1.80. The molecule has 4 nitrogen and oxygen atoms in total. The average Bonchev–Trinajstić information content (AvgIpc) is 3.34. The van der Waals surface area contributed by atoms with Gasteiger partial charge in [0.05, 0.1) is 16.4 Å². The van der Waals surface area contributed by atoms with Crippen molar-refractivity contribution in [3.8, 4) is 0 Å². The lowest BCUT2D eigenvalue weighted by Gasteiger charge is -2.27. The first-order valence-electron chi connectivity index (χ1n) is 7.83. The van der Waals surface area contributed by atoms with Gasteiger partial charge in [-0.05, 0) is 57.3 Å². The van der Waals surface area contributed by atoms with Crippen LogP contribution in [0.15, 0.2) is 0 Å². The molecular weight excluding hydrogens is 272 g/mol. The van der Waals surface area contributed by atoms with Crippen LogP contribution in [-0.4, -0.2) is 15.8 Å². The Morgan fingerprint density at radius 3 is 2.40 bits per heavy atom. The van der Waals surface area contributed by atoms with E-state index in [1.807, 2.05) is 11.6 Å². The monoisotopic (exact) mass is 296 g/mol. The lowest BCUT2D eigenvalue weighted by Crippen LogP contribution is -2.44. The molecule has 2 fully saturated rings. The van der Waals surface area contributed by atoms with Gasteiger partial charge in [-0.25, -0.2) is 0 Å². The van der Waals surface area contributed by atoms with E-state index in [1.54, 1.807) is 0 Å². The van der Waals surface area contributed by atoms with Crippen molar-refractivity contribution in [2.75, 3.05) is 0 Å². The highest BCUT2D eigenvalue weighted by atomic mass is 35.5. The van der Waals surface area contributed by atoms with E-state index in [4.69, 9.17) is 17.4 Å². The fourth-order valence-electron chi connectivity index (χ4n) is 3.58. The van der Waals surface area contributed by atoms with Crippen molar-refractivity contribution >= 4 is 11.6 Å². The summed E-state index contributed by atoms with van der Waals surface area (Å²) in [7, 11) is 0. The summed E-state index contributed by atoms with van der Waals surface area (Å²) in [6, 6.07) is 0.328. The van der Waals surface area contributed by atoms with Crippen LogP contribution in [0.25, 0.3) is 0 Å². The number of aryl methyl sites for hydroxylation is 2. The molecule has 112 valence electrons. The highest BCUT2D eigenvalue weighted by Crippen LogP contribution is 2.51. The van der Waals surface area contributed by atoms with Crippen molar-refractivity contribution in [2.24, 2.45) is 23.6 Å². The normalized spacial score (nSPS) is 20.6. The first-order chi connectivity index (χ1) is 9.65. The second kappa shape index (κ2) is 5.66. The minimum atomic E-state index is 0.328. The molecule has 1 aromatic heterocycles. The summed E-state index contributed by atoms with van der Waals surface area (Å²) < 4.78 is 2.03. The third-order valence-electron chi connectivity index (χ3n) is 4.88. The maximum absolute atomic E-state index is 6.44. The maximum Gasteiger partial charge on any atom is 0.0847 e. The van der Waals surface area contributed by atoms with Gasteiger partial charge >= 0.3 is 0 Å². The van der Waals surface area contributed by atoms with Crippen LogP contribution in [0.2, 0.25) is 5.02 Å². The zero-order chi connectivity index (χ0) is 14.3. The van der Waals surface area contributed by atoms with Gasteiger partial charge in [-0.3, -0.25) is 16.0 Å². The van der Waals surface area contributed by atoms with Gasteiger partial charge in [0.15, 0.2) is 0 Å². The Morgan fingerprint density at radius 2 is 1.95 bits per heavy atom. The van der Waals surface area contributed by atoms with Gasteiger partial charge in [0.1, 0.15) is 0 Å². The Bertz CT molecular complexity index is 464. The molecule has 0 spiro atoms. The molecule has 0 radical (unpaired) electrons. The fourth-order valence-corrected chi connectivity index (χ4v) is 3.80. The summed E-state index contributed by atoms with van der Waals surface area (Å²) in [6.45, 7) is 4.94. The molecular formula is C15H25ClN4. The molecule has 2 aliphatic rings. The SMILES string of the molecule is CCn1nc(C)c(Cl)c1CC(NN)C(C1CC1)C1CC1. The van der Waals surface area contributed by atoms with Crippen LogP contribution in [0.3, 0.4) is 0 Å². The van der Waals surface area contributed by atoms with E-state index in [0.29, 0.717) is 6.04 Å². The zero-order valence-corrected chi connectivity index (χ0v) is 13.2. The second-order valence-corrected chi connectivity index (χ2v) is 6.77. The number of aromatic nitrogens is 2. The van der Waals surface area contributed by atoms with E-state index in [-0.39, 0.29) is 0 Å². The smallest absolute Gasteiger partial charge is 0.0847 e. The van der Waals surface area contributed by atoms with E-state index >= 15 is 0 Å². The molecule has 0 aliphatic heterocycles. The van der Waals surface area contributed by atoms with E-state index in [1.165, 1.54) is 25.7 Å². The first-order valence-corrected chi connectivity index (χ1v) is 8.21. The van der Waals surface area contributed by atoms with Crippen molar-refractivity contribution in [1.82, 2.24) is 15.2 Å². The number of hydrogen-bond acceptors (Lipinski definition) is 3. The molecule has 3 rings (SSSR count). The number of nitrogens with zero attached hydrogens (tertiary/aromatic N) is 2. The van der Waals surface area contributed by atoms with Gasteiger partial charge in [0.25, 0.3) is 0 Å². The van der Waals surface area contributed by atoms with Crippen LogP contribution in [0, 0.1) is 24.7 Å². The van der Waals surface area contributed by atoms with E-state index in [9.17, 15) is 0 Å². The van der Waals surface area contributed by atoms with Crippen LogP contribution in [0.5, 0.6) is 0 Å². The molecule has 1 heterocycles. The minimum absolute atomic E-state index is 0.328. The third-order valence-corrected chi connectivity index (χ3v) is 5.37. The summed E-state index contributed by atoms with van der Waals surface area (Å²) >= 11 is 6.44. The topological polar surface area (TPSA) is 55.9 Å². The number of hydrogen-bond donors (Lipinski definition) is 2. The Morgan fingerprint density at radius 1 is 1.35 bits per heavy atom. The predicted molar refractivity (Wildman–Crippen MR) is 81.4 cm³/mol. The minimum Gasteiger partial charge on any atom is -0.271 e. The van der Waals surface area contributed by atoms with E-state index in [0.717, 1.165) is 47.1 Å². The summed E-state index contributed by atoms with van der Waals surface area (Å²) in [5, 5.41) is 5.33. The number of halogens is 1. The van der Waals surface area contributed by atoms with Crippen LogP contribution < -0.4 is 11.3 Å². The predicted octanol–water partition coefficient (Wildman–Crippen LogP) is 2.68. The highest BCUT2D eigenvalue weighted by Gasteiger charge is 2.45. The third kappa shape index (κ3) is 2.74. The van der Waals surface area contributed by atoms with Gasteiger partial charge < -0.3 is 0 Å². The van der Waals surface area contributed by atoms with Gasteiger partial charge in [-0.1, -0.05) is 11.6 Å². The largest absolute Gasteiger partial charge is 0.271 e. The Hall–Kier alpha value is -0.580. The quantitative estimate of drug-likeness (QED) is 0.601. The second-order valence-electron chi connectivity index (χ2n) is 6.39. The van der Waals surface area contributed by atoms with Gasteiger partial charge in [-0.2, -0.15) is 5.10 Å². The van der Waals surface area contributed by atoms with Crippen LogP contribution >= 0.6 is 11.6 Å². The maximum atomic E-state index is 6.44. The molecule has 0 bridgehead atoms. The molecule has 20 heavy (non-hydrogen) atoms. The number of rotatable bonds is 7. The summed E-state index contributed by atoms with van der Waals surface area (Å²) in [4.78, 5) is 0. The average molecular weight is 297 g/mol. The van der Waals surface area contributed by atoms with Crippen molar-refractivity contribution in [1.29, 1.82) is 0 Å². The Kier molecular flexibility index (Phi) is 4.07. The number of nitrogens with two attached hydrogens (primary N) is 1. The van der Waals surface area contributed by atoms with Crippen molar-refractivity contribution in [3.05, 3.63) is 16.4 Å². The molecule has 5 heteroatoms. The first kappa shape index (κ1) is 14.4. The number of hydrazine groups is 1. The van der Waals surface area contributed by atoms with Crippen molar-refractivity contribution < 1.29 is 0 Å². The Labute approximate surface area is 126 Å². The molecule has 2 saturated carbocycles. The molecule has 0 amide bonds. The molecule has 1 aromatic rings. The highest BCUT2D eigenvalue weighted by molar-refractivity contribution is 6.31. The van der Waals surface area contributed by atoms with Gasteiger partial charge in [0, 0.05) is 19.0 Å². The van der Waals surface area contributed by atoms with Crippen LogP contribution in [0.4, 0.5) is 0 Å². The molecule has 0 saturated heterocycles. The molecule has 0 aromatic carbocycles. The zero-order valence-electron chi connectivity index (χ0n) is 12.4. The lowest BCUT2D eigenvalue weighted by molar-refractivity contribution is 0.279. The molecule has 1 atom stereocenters. The van der Waals surface area contributed by atoms with Crippen molar-refractivity contribution in [2.45, 2.75) is 58.5 Å². The van der Waals surface area contributed by atoms with Crippen LogP contribution in [0.1, 0.15) is 44.0 Å². The number of nitrogens with one attached hydrogen (secondary N) is 1. The summed E-state index contributed by atoms with van der Waals surface area (Å²) in [5.41, 5.74) is 5.15. The lowest BCUT2D eigenvalue weighted by atomic mass is 9.87. The molecule has 3 N–H and O–H groups in total.